The molecule has 1 aliphatic heterocycles. The van der Waals surface area contributed by atoms with Crippen LogP contribution in [0.15, 0.2) is 0 Å². The maximum atomic E-state index is 11.9. The van der Waals surface area contributed by atoms with Crippen molar-refractivity contribution in [2.45, 2.75) is 33.7 Å². The number of rotatable bonds is 3. The van der Waals surface area contributed by atoms with Crippen LogP contribution in [-0.2, 0) is 0 Å². The number of carbonyl (C=O) groups is 1. The second-order valence-corrected chi connectivity index (χ2v) is 5.14. The van der Waals surface area contributed by atoms with Crippen molar-refractivity contribution in [2.75, 3.05) is 6.54 Å². The van der Waals surface area contributed by atoms with Gasteiger partial charge in [-0.1, -0.05) is 13.8 Å². The second-order valence-electron chi connectivity index (χ2n) is 5.14. The number of carbonyl (C=O) groups excluding carboxylic acids is 1. The van der Waals surface area contributed by atoms with Crippen molar-refractivity contribution in [1.82, 2.24) is 20.4 Å². The van der Waals surface area contributed by atoms with E-state index in [4.69, 9.17) is 5.41 Å². The molecule has 1 aliphatic rings. The van der Waals surface area contributed by atoms with Gasteiger partial charge in [0.15, 0.2) is 0 Å². The van der Waals surface area contributed by atoms with E-state index in [0.717, 1.165) is 17.0 Å². The minimum Gasteiger partial charge on any atom is -0.310 e. The summed E-state index contributed by atoms with van der Waals surface area (Å²) in [6.07, 6.45) is 0. The largest absolute Gasteiger partial charge is 0.323 e. The van der Waals surface area contributed by atoms with Crippen molar-refractivity contribution >= 4 is 11.9 Å². The van der Waals surface area contributed by atoms with Crippen LogP contribution in [0.25, 0.3) is 0 Å². The van der Waals surface area contributed by atoms with E-state index in [9.17, 15) is 4.79 Å². The van der Waals surface area contributed by atoms with E-state index in [0.29, 0.717) is 12.5 Å². The average Bonchev–Trinajstić information content (AvgIpc) is 2.70. The van der Waals surface area contributed by atoms with Gasteiger partial charge < -0.3 is 4.90 Å². The zero-order chi connectivity index (χ0) is 13.4. The van der Waals surface area contributed by atoms with Crippen molar-refractivity contribution < 1.29 is 4.79 Å². The van der Waals surface area contributed by atoms with Crippen molar-refractivity contribution in [1.29, 1.82) is 5.41 Å². The van der Waals surface area contributed by atoms with Gasteiger partial charge in [-0.15, -0.1) is 0 Å². The maximum absolute atomic E-state index is 11.9. The van der Waals surface area contributed by atoms with Crippen LogP contribution in [0.3, 0.4) is 0 Å². The normalized spacial score (nSPS) is 19.8. The number of aromatic nitrogens is 2. The monoisotopic (exact) mass is 249 g/mol. The van der Waals surface area contributed by atoms with Crippen LogP contribution < -0.4 is 5.32 Å². The number of nitrogens with zero attached hydrogens (tertiary/aromatic N) is 2. The fourth-order valence-electron chi connectivity index (χ4n) is 2.37. The molecule has 2 heterocycles. The molecular formula is C12H19N5O. The molecule has 0 saturated carbocycles. The lowest BCUT2D eigenvalue weighted by molar-refractivity contribution is 0.198. The highest BCUT2D eigenvalue weighted by atomic mass is 16.2. The molecule has 2 amide bonds. The first-order valence-electron chi connectivity index (χ1n) is 6.09. The molecule has 6 heteroatoms. The lowest BCUT2D eigenvalue weighted by Crippen LogP contribution is -2.33. The van der Waals surface area contributed by atoms with Crippen LogP contribution in [0.1, 0.15) is 36.8 Å². The Balaban J connectivity index is 2.40. The van der Waals surface area contributed by atoms with E-state index >= 15 is 0 Å². The lowest BCUT2D eigenvalue weighted by atomic mass is 10.0. The van der Waals surface area contributed by atoms with Gasteiger partial charge in [0.2, 0.25) is 0 Å². The Kier molecular flexibility index (Phi) is 3.11. The highest BCUT2D eigenvalue weighted by Gasteiger charge is 2.39. The smallest absolute Gasteiger partial charge is 0.310 e. The molecule has 0 bridgehead atoms. The first-order chi connectivity index (χ1) is 8.41. The Bertz CT molecular complexity index is 471. The number of nitrogens with one attached hydrogen (secondary N) is 3. The summed E-state index contributed by atoms with van der Waals surface area (Å²) in [5.41, 5.74) is 2.68. The predicted molar refractivity (Wildman–Crippen MR) is 68.6 cm³/mol. The van der Waals surface area contributed by atoms with E-state index in [1.165, 1.54) is 0 Å². The summed E-state index contributed by atoms with van der Waals surface area (Å²) in [5, 5.41) is 17.6. The zero-order valence-corrected chi connectivity index (χ0v) is 11.2. The lowest BCUT2D eigenvalue weighted by Gasteiger charge is -2.24. The van der Waals surface area contributed by atoms with Crippen LogP contribution in [0.4, 0.5) is 4.79 Å². The molecule has 2 rings (SSSR count). The minimum atomic E-state index is -0.335. The van der Waals surface area contributed by atoms with Crippen LogP contribution in [0.2, 0.25) is 0 Å². The van der Waals surface area contributed by atoms with Gasteiger partial charge in [0.05, 0.1) is 5.69 Å². The van der Waals surface area contributed by atoms with Gasteiger partial charge in [-0.25, -0.2) is 4.79 Å². The van der Waals surface area contributed by atoms with Gasteiger partial charge in [-0.2, -0.15) is 5.10 Å². The van der Waals surface area contributed by atoms with E-state index in [1.54, 1.807) is 4.90 Å². The third kappa shape index (κ3) is 1.98. The third-order valence-electron chi connectivity index (χ3n) is 3.11. The van der Waals surface area contributed by atoms with Crippen molar-refractivity contribution in [3.63, 3.8) is 0 Å². The predicted octanol–water partition coefficient (Wildman–Crippen LogP) is 1.73. The molecule has 98 valence electrons. The maximum Gasteiger partial charge on any atom is 0.323 e. The number of amides is 2. The number of aromatic amines is 1. The van der Waals surface area contributed by atoms with E-state index < -0.39 is 0 Å². The number of aryl methyl sites for hydroxylation is 2. The van der Waals surface area contributed by atoms with Gasteiger partial charge in [0.25, 0.3) is 0 Å². The molecule has 0 aromatic carbocycles. The molecule has 1 atom stereocenters. The Morgan fingerprint density at radius 3 is 2.61 bits per heavy atom. The number of H-pyrrole nitrogens is 1. The Morgan fingerprint density at radius 2 is 2.11 bits per heavy atom. The molecule has 1 unspecified atom stereocenters. The highest BCUT2D eigenvalue weighted by molar-refractivity contribution is 6.06. The molecule has 0 aliphatic carbocycles. The summed E-state index contributed by atoms with van der Waals surface area (Å²) in [6, 6.07) is -0.530. The SMILES string of the molecule is Cc1n[nH]c(C)c1C1C(=N)NC(=O)N1CC(C)C. The van der Waals surface area contributed by atoms with E-state index in [2.05, 4.69) is 29.4 Å². The number of hydrogen-bond acceptors (Lipinski definition) is 3. The summed E-state index contributed by atoms with van der Waals surface area (Å²) in [5.74, 6) is 0.588. The van der Waals surface area contributed by atoms with E-state index in [1.807, 2.05) is 13.8 Å². The first-order valence-corrected chi connectivity index (χ1v) is 6.09. The summed E-state index contributed by atoms with van der Waals surface area (Å²) in [7, 11) is 0. The molecule has 3 N–H and O–H groups in total. The summed E-state index contributed by atoms with van der Waals surface area (Å²) >= 11 is 0. The van der Waals surface area contributed by atoms with Gasteiger partial charge >= 0.3 is 6.03 Å². The number of amidine groups is 1. The molecule has 1 fully saturated rings. The summed E-state index contributed by atoms with van der Waals surface area (Å²) in [6.45, 7) is 8.55. The highest BCUT2D eigenvalue weighted by Crippen LogP contribution is 2.30. The molecule has 6 nitrogen and oxygen atoms in total. The summed E-state index contributed by atoms with van der Waals surface area (Å²) in [4.78, 5) is 13.6. The molecule has 1 aromatic heterocycles. The van der Waals surface area contributed by atoms with Gasteiger partial charge in [0.1, 0.15) is 11.9 Å². The number of urea groups is 1. The molecule has 0 radical (unpaired) electrons. The van der Waals surface area contributed by atoms with E-state index in [-0.39, 0.29) is 17.9 Å². The standard InChI is InChI=1S/C12H19N5O/c1-6(2)5-17-10(11(13)14-12(17)18)9-7(3)15-16-8(9)4/h6,10H,5H2,1-4H3,(H,15,16)(H2,13,14,18). The third-order valence-corrected chi connectivity index (χ3v) is 3.11. The van der Waals surface area contributed by atoms with Crippen molar-refractivity contribution in [3.05, 3.63) is 17.0 Å². The van der Waals surface area contributed by atoms with Gasteiger partial charge in [0, 0.05) is 17.8 Å². The Morgan fingerprint density at radius 1 is 1.44 bits per heavy atom. The fourth-order valence-corrected chi connectivity index (χ4v) is 2.37. The van der Waals surface area contributed by atoms with Crippen molar-refractivity contribution in [2.24, 2.45) is 5.92 Å². The first kappa shape index (κ1) is 12.6. The molecule has 1 aromatic rings. The molecular weight excluding hydrogens is 230 g/mol. The minimum absolute atomic E-state index is 0.196. The molecule has 1 saturated heterocycles. The Labute approximate surface area is 106 Å². The number of hydrogen-bond donors (Lipinski definition) is 3. The van der Waals surface area contributed by atoms with Crippen LogP contribution in [-0.4, -0.2) is 33.5 Å². The quantitative estimate of drug-likeness (QED) is 0.762. The van der Waals surface area contributed by atoms with Crippen LogP contribution >= 0.6 is 0 Å². The second kappa shape index (κ2) is 4.44. The van der Waals surface area contributed by atoms with Gasteiger partial charge in [-0.3, -0.25) is 15.8 Å². The fraction of sp³-hybridized carbons (Fsp3) is 0.583. The Hall–Kier alpha value is -1.85. The van der Waals surface area contributed by atoms with Crippen LogP contribution in [0, 0.1) is 25.2 Å². The van der Waals surface area contributed by atoms with Crippen molar-refractivity contribution in [3.8, 4) is 0 Å². The van der Waals surface area contributed by atoms with Crippen LogP contribution in [0.5, 0.6) is 0 Å². The summed E-state index contributed by atoms with van der Waals surface area (Å²) < 4.78 is 0. The average molecular weight is 249 g/mol. The molecule has 18 heavy (non-hydrogen) atoms. The molecule has 0 spiro atoms. The topological polar surface area (TPSA) is 84.9 Å². The zero-order valence-electron chi connectivity index (χ0n) is 11.2. The van der Waals surface area contributed by atoms with Gasteiger partial charge in [-0.05, 0) is 19.8 Å².